The second-order valence-corrected chi connectivity index (χ2v) is 4.96. The molecule has 0 amide bonds. The summed E-state index contributed by atoms with van der Waals surface area (Å²) in [6.07, 6.45) is 2.28. The molecule has 0 aliphatic carbocycles. The fourth-order valence-corrected chi connectivity index (χ4v) is 2.32. The summed E-state index contributed by atoms with van der Waals surface area (Å²) in [7, 11) is 4.01. The second-order valence-electron chi connectivity index (χ2n) is 4.17. The van der Waals surface area contributed by atoms with Gasteiger partial charge in [0.05, 0.1) is 15.9 Å². The Morgan fingerprint density at radius 3 is 2.67 bits per heavy atom. The van der Waals surface area contributed by atoms with Crippen LogP contribution in [-0.4, -0.2) is 23.4 Å². The summed E-state index contributed by atoms with van der Waals surface area (Å²) in [5.41, 5.74) is 2.38. The van der Waals surface area contributed by atoms with Crippen LogP contribution in [0.3, 0.4) is 0 Å². The summed E-state index contributed by atoms with van der Waals surface area (Å²) in [5, 5.41) is 7.59. The number of nitrogens with zero attached hydrogens (tertiary/aromatic N) is 2. The number of hydrogen-bond donors (Lipinski definition) is 1. The Hall–Kier alpha value is -0.350. The SMILES string of the molecule is CNCC(C)CCc1c(Br)c(C)nn1C. The summed E-state index contributed by atoms with van der Waals surface area (Å²) in [6.45, 7) is 5.38. The molecule has 1 unspecified atom stereocenters. The molecule has 0 aliphatic rings. The molecule has 86 valence electrons. The number of hydrogen-bond acceptors (Lipinski definition) is 2. The van der Waals surface area contributed by atoms with Crippen LogP contribution in [0.5, 0.6) is 0 Å². The van der Waals surface area contributed by atoms with Crippen molar-refractivity contribution in [2.45, 2.75) is 26.7 Å². The Kier molecular flexibility index (Phi) is 4.80. The number of aryl methyl sites for hydroxylation is 2. The van der Waals surface area contributed by atoms with E-state index in [9.17, 15) is 0 Å². The normalized spacial score (nSPS) is 13.1. The van der Waals surface area contributed by atoms with E-state index in [2.05, 4.69) is 33.3 Å². The van der Waals surface area contributed by atoms with Crippen LogP contribution in [0.1, 0.15) is 24.7 Å². The van der Waals surface area contributed by atoms with Gasteiger partial charge in [0.2, 0.25) is 0 Å². The lowest BCUT2D eigenvalue weighted by atomic mass is 10.0. The van der Waals surface area contributed by atoms with Gasteiger partial charge >= 0.3 is 0 Å². The first kappa shape index (κ1) is 12.7. The van der Waals surface area contributed by atoms with Gasteiger partial charge in [-0.05, 0) is 55.2 Å². The van der Waals surface area contributed by atoms with E-state index in [1.807, 2.05) is 25.7 Å². The van der Waals surface area contributed by atoms with Crippen molar-refractivity contribution in [2.75, 3.05) is 13.6 Å². The maximum atomic E-state index is 4.39. The minimum absolute atomic E-state index is 0.706. The highest BCUT2D eigenvalue weighted by Gasteiger charge is 2.11. The fraction of sp³-hybridized carbons (Fsp3) is 0.727. The van der Waals surface area contributed by atoms with E-state index in [1.165, 1.54) is 16.6 Å². The molecule has 0 saturated carbocycles. The van der Waals surface area contributed by atoms with Crippen LogP contribution < -0.4 is 5.32 Å². The lowest BCUT2D eigenvalue weighted by molar-refractivity contribution is 0.495. The van der Waals surface area contributed by atoms with Crippen molar-refractivity contribution in [3.05, 3.63) is 15.9 Å². The van der Waals surface area contributed by atoms with Crippen LogP contribution >= 0.6 is 15.9 Å². The molecular formula is C11H20BrN3. The zero-order valence-electron chi connectivity index (χ0n) is 9.97. The molecule has 1 rings (SSSR count). The highest BCUT2D eigenvalue weighted by Crippen LogP contribution is 2.22. The molecule has 0 aliphatic heterocycles. The third-order valence-electron chi connectivity index (χ3n) is 2.69. The van der Waals surface area contributed by atoms with Crippen molar-refractivity contribution >= 4 is 15.9 Å². The van der Waals surface area contributed by atoms with Crippen molar-refractivity contribution in [1.82, 2.24) is 15.1 Å². The van der Waals surface area contributed by atoms with Crippen LogP contribution in [-0.2, 0) is 13.5 Å². The Morgan fingerprint density at radius 2 is 2.20 bits per heavy atom. The minimum atomic E-state index is 0.706. The lowest BCUT2D eigenvalue weighted by Gasteiger charge is -2.10. The van der Waals surface area contributed by atoms with Crippen molar-refractivity contribution in [1.29, 1.82) is 0 Å². The fourth-order valence-electron chi connectivity index (χ4n) is 1.79. The van der Waals surface area contributed by atoms with Crippen LogP contribution in [0.25, 0.3) is 0 Å². The first-order valence-corrected chi connectivity index (χ1v) is 6.18. The molecule has 0 bridgehead atoms. The van der Waals surface area contributed by atoms with E-state index >= 15 is 0 Å². The zero-order chi connectivity index (χ0) is 11.4. The highest BCUT2D eigenvalue weighted by molar-refractivity contribution is 9.10. The van der Waals surface area contributed by atoms with E-state index in [0.717, 1.165) is 18.7 Å². The molecule has 3 nitrogen and oxygen atoms in total. The quantitative estimate of drug-likeness (QED) is 0.892. The Bertz CT molecular complexity index is 320. The van der Waals surface area contributed by atoms with E-state index < -0.39 is 0 Å². The molecule has 1 heterocycles. The standard InChI is InChI=1S/C11H20BrN3/c1-8(7-13-3)5-6-10-11(12)9(2)14-15(10)4/h8,13H,5-7H2,1-4H3. The minimum Gasteiger partial charge on any atom is -0.319 e. The third-order valence-corrected chi connectivity index (χ3v) is 3.72. The molecule has 0 fully saturated rings. The first-order chi connectivity index (χ1) is 7.06. The summed E-state index contributed by atoms with van der Waals surface area (Å²) in [6, 6.07) is 0. The predicted molar refractivity (Wildman–Crippen MR) is 67.1 cm³/mol. The molecule has 4 heteroatoms. The van der Waals surface area contributed by atoms with Crippen molar-refractivity contribution in [3.8, 4) is 0 Å². The molecule has 1 aromatic rings. The number of aromatic nitrogens is 2. The van der Waals surface area contributed by atoms with Crippen molar-refractivity contribution < 1.29 is 0 Å². The van der Waals surface area contributed by atoms with Gasteiger partial charge in [0.15, 0.2) is 0 Å². The molecule has 0 saturated heterocycles. The van der Waals surface area contributed by atoms with Gasteiger partial charge in [0.1, 0.15) is 0 Å². The molecule has 15 heavy (non-hydrogen) atoms. The summed E-state index contributed by atoms with van der Waals surface area (Å²) in [4.78, 5) is 0. The van der Waals surface area contributed by atoms with E-state index in [-0.39, 0.29) is 0 Å². The third kappa shape index (κ3) is 3.31. The summed E-state index contributed by atoms with van der Waals surface area (Å²) < 4.78 is 3.15. The monoisotopic (exact) mass is 273 g/mol. The van der Waals surface area contributed by atoms with E-state index in [4.69, 9.17) is 0 Å². The van der Waals surface area contributed by atoms with Crippen LogP contribution in [0, 0.1) is 12.8 Å². The average Bonchev–Trinajstić information content (AvgIpc) is 2.40. The highest BCUT2D eigenvalue weighted by atomic mass is 79.9. The molecule has 0 aromatic carbocycles. The molecule has 0 spiro atoms. The lowest BCUT2D eigenvalue weighted by Crippen LogP contribution is -2.17. The Balaban J connectivity index is 2.57. The average molecular weight is 274 g/mol. The molecule has 0 radical (unpaired) electrons. The maximum Gasteiger partial charge on any atom is 0.0738 e. The first-order valence-electron chi connectivity index (χ1n) is 5.38. The predicted octanol–water partition coefficient (Wildman–Crippen LogP) is 2.28. The van der Waals surface area contributed by atoms with Gasteiger partial charge in [-0.25, -0.2) is 0 Å². The largest absolute Gasteiger partial charge is 0.319 e. The zero-order valence-corrected chi connectivity index (χ0v) is 11.6. The molecule has 1 atom stereocenters. The maximum absolute atomic E-state index is 4.39. The van der Waals surface area contributed by atoms with Crippen molar-refractivity contribution in [3.63, 3.8) is 0 Å². The molecule has 1 aromatic heterocycles. The van der Waals surface area contributed by atoms with Crippen LogP contribution in [0.2, 0.25) is 0 Å². The molecule has 1 N–H and O–H groups in total. The Morgan fingerprint density at radius 1 is 1.53 bits per heavy atom. The van der Waals surface area contributed by atoms with Gasteiger partial charge in [-0.2, -0.15) is 5.10 Å². The number of halogens is 1. The van der Waals surface area contributed by atoms with Crippen molar-refractivity contribution in [2.24, 2.45) is 13.0 Å². The van der Waals surface area contributed by atoms with Gasteiger partial charge < -0.3 is 5.32 Å². The van der Waals surface area contributed by atoms with Gasteiger partial charge in [0, 0.05) is 7.05 Å². The number of nitrogens with one attached hydrogen (secondary N) is 1. The Labute approximate surface area is 100 Å². The van der Waals surface area contributed by atoms with E-state index in [0.29, 0.717) is 5.92 Å². The second kappa shape index (κ2) is 5.66. The van der Waals surface area contributed by atoms with E-state index in [1.54, 1.807) is 0 Å². The van der Waals surface area contributed by atoms with Gasteiger partial charge in [-0.15, -0.1) is 0 Å². The summed E-state index contributed by atoms with van der Waals surface area (Å²) >= 11 is 3.59. The van der Waals surface area contributed by atoms with Gasteiger partial charge in [0.25, 0.3) is 0 Å². The smallest absolute Gasteiger partial charge is 0.0738 e. The van der Waals surface area contributed by atoms with Crippen LogP contribution in [0.15, 0.2) is 4.47 Å². The van der Waals surface area contributed by atoms with Crippen LogP contribution in [0.4, 0.5) is 0 Å². The molecular weight excluding hydrogens is 254 g/mol. The van der Waals surface area contributed by atoms with Gasteiger partial charge in [-0.1, -0.05) is 6.92 Å². The van der Waals surface area contributed by atoms with Gasteiger partial charge in [-0.3, -0.25) is 4.68 Å². The summed E-state index contributed by atoms with van der Waals surface area (Å²) in [5.74, 6) is 0.706. The topological polar surface area (TPSA) is 29.9 Å². The number of rotatable bonds is 5.